The molecular formula is C18H21N3O2S. The number of carbonyl (C=O) groups is 1. The Morgan fingerprint density at radius 1 is 1.46 bits per heavy atom. The molecule has 0 aliphatic heterocycles. The molecule has 2 rings (SSSR count). The zero-order valence-corrected chi connectivity index (χ0v) is 14.2. The number of hydrogen-bond donors (Lipinski definition) is 3. The third-order valence-electron chi connectivity index (χ3n) is 3.86. The van der Waals surface area contributed by atoms with Crippen LogP contribution >= 0.6 is 11.8 Å². The van der Waals surface area contributed by atoms with E-state index in [0.29, 0.717) is 5.56 Å². The van der Waals surface area contributed by atoms with Gasteiger partial charge in [0.15, 0.2) is 5.78 Å². The summed E-state index contributed by atoms with van der Waals surface area (Å²) in [6, 6.07) is 11.1. The minimum Gasteiger partial charge on any atom is -0.394 e. The van der Waals surface area contributed by atoms with Gasteiger partial charge in [-0.15, -0.1) is 0 Å². The average Bonchev–Trinajstić information content (AvgIpc) is 3.36. The van der Waals surface area contributed by atoms with Crippen molar-refractivity contribution in [2.75, 3.05) is 0 Å². The number of benzene rings is 1. The maximum absolute atomic E-state index is 13.0. The zero-order valence-electron chi connectivity index (χ0n) is 13.4. The van der Waals surface area contributed by atoms with Crippen molar-refractivity contribution >= 4 is 17.5 Å². The van der Waals surface area contributed by atoms with Gasteiger partial charge in [0.1, 0.15) is 11.6 Å². The van der Waals surface area contributed by atoms with Gasteiger partial charge >= 0.3 is 0 Å². The van der Waals surface area contributed by atoms with E-state index >= 15 is 0 Å². The van der Waals surface area contributed by atoms with Crippen LogP contribution in [0.4, 0.5) is 0 Å². The Bertz CT molecular complexity index is 679. The number of allylic oxidation sites excluding steroid dienone is 1. The molecule has 0 aromatic heterocycles. The molecule has 1 aliphatic rings. The number of nitrogens with two attached hydrogens (primary N) is 1. The highest BCUT2D eigenvalue weighted by Crippen LogP contribution is 2.36. The molecule has 1 aromatic rings. The first-order valence-electron chi connectivity index (χ1n) is 7.66. The van der Waals surface area contributed by atoms with Crippen molar-refractivity contribution < 1.29 is 9.90 Å². The molecule has 126 valence electrons. The summed E-state index contributed by atoms with van der Waals surface area (Å²) in [5, 5.41) is 23.4. The highest BCUT2D eigenvalue weighted by molar-refractivity contribution is 8.07. The molecule has 1 unspecified atom stereocenters. The van der Waals surface area contributed by atoms with Gasteiger partial charge < -0.3 is 10.8 Å². The van der Waals surface area contributed by atoms with Crippen molar-refractivity contribution in [3.8, 4) is 6.07 Å². The molecule has 0 bridgehead atoms. The second-order valence-corrected chi connectivity index (χ2v) is 7.09. The van der Waals surface area contributed by atoms with E-state index in [-0.39, 0.29) is 22.4 Å². The Kier molecular flexibility index (Phi) is 5.84. The van der Waals surface area contributed by atoms with Crippen LogP contribution in [0, 0.1) is 11.3 Å². The van der Waals surface area contributed by atoms with Crippen molar-refractivity contribution in [1.29, 1.82) is 5.26 Å². The molecule has 1 aromatic carbocycles. The van der Waals surface area contributed by atoms with Gasteiger partial charge in [-0.1, -0.05) is 55.3 Å². The van der Waals surface area contributed by atoms with E-state index in [1.54, 1.807) is 30.3 Å². The van der Waals surface area contributed by atoms with Gasteiger partial charge in [-0.05, 0) is 18.4 Å². The van der Waals surface area contributed by atoms with Crippen LogP contribution in [0.5, 0.6) is 0 Å². The summed E-state index contributed by atoms with van der Waals surface area (Å²) < 4.78 is 0. The van der Waals surface area contributed by atoms with Crippen molar-refractivity contribution in [3.05, 3.63) is 59.0 Å². The molecule has 24 heavy (non-hydrogen) atoms. The SMILES string of the molecule is C=C(N)SC(=C)C(=O)[C@](C#N)(CC(O)NC1CC1)c1ccccc1. The lowest BCUT2D eigenvalue weighted by atomic mass is 9.74. The van der Waals surface area contributed by atoms with Gasteiger partial charge in [0.2, 0.25) is 0 Å². The van der Waals surface area contributed by atoms with Crippen LogP contribution in [-0.4, -0.2) is 23.2 Å². The highest BCUT2D eigenvalue weighted by Gasteiger charge is 2.44. The number of aliphatic hydroxyl groups is 1. The van der Waals surface area contributed by atoms with E-state index < -0.39 is 17.4 Å². The van der Waals surface area contributed by atoms with Crippen LogP contribution in [0.25, 0.3) is 0 Å². The number of rotatable bonds is 9. The van der Waals surface area contributed by atoms with Gasteiger partial charge in [0, 0.05) is 12.5 Å². The molecule has 4 N–H and O–H groups in total. The smallest absolute Gasteiger partial charge is 0.193 e. The van der Waals surface area contributed by atoms with Gasteiger partial charge in [-0.2, -0.15) is 5.26 Å². The summed E-state index contributed by atoms with van der Waals surface area (Å²) in [4.78, 5) is 13.1. The zero-order chi connectivity index (χ0) is 17.7. The fourth-order valence-electron chi connectivity index (χ4n) is 2.54. The van der Waals surface area contributed by atoms with Crippen LogP contribution in [0.15, 0.2) is 53.4 Å². The molecule has 0 radical (unpaired) electrons. The largest absolute Gasteiger partial charge is 0.394 e. The molecular weight excluding hydrogens is 322 g/mol. The van der Waals surface area contributed by atoms with Crippen LogP contribution in [0.2, 0.25) is 0 Å². The number of Topliss-reactive ketones (excluding diaryl/α,β-unsaturated/α-hetero) is 1. The lowest BCUT2D eigenvalue weighted by Gasteiger charge is -2.29. The quantitative estimate of drug-likeness (QED) is 0.469. The minimum atomic E-state index is -1.53. The Morgan fingerprint density at radius 2 is 2.08 bits per heavy atom. The van der Waals surface area contributed by atoms with Crippen LogP contribution in [0.1, 0.15) is 24.8 Å². The summed E-state index contributed by atoms with van der Waals surface area (Å²) in [6.07, 6.45) is 0.969. The Morgan fingerprint density at radius 3 is 2.58 bits per heavy atom. The maximum Gasteiger partial charge on any atom is 0.193 e. The lowest BCUT2D eigenvalue weighted by molar-refractivity contribution is -0.119. The number of nitrogens with zero attached hydrogens (tertiary/aromatic N) is 1. The van der Waals surface area contributed by atoms with Gasteiger partial charge in [-0.25, -0.2) is 0 Å². The van der Waals surface area contributed by atoms with E-state index in [4.69, 9.17) is 5.73 Å². The first-order valence-corrected chi connectivity index (χ1v) is 8.47. The topological polar surface area (TPSA) is 99.1 Å². The van der Waals surface area contributed by atoms with Gasteiger partial charge in [-0.3, -0.25) is 10.1 Å². The summed E-state index contributed by atoms with van der Waals surface area (Å²) >= 11 is 0.939. The third kappa shape index (κ3) is 4.26. The molecule has 1 saturated carbocycles. The number of carbonyl (C=O) groups excluding carboxylic acids is 1. The second kappa shape index (κ2) is 7.67. The first-order chi connectivity index (χ1) is 11.4. The number of nitriles is 1. The molecule has 1 fully saturated rings. The molecule has 6 heteroatoms. The number of ketones is 1. The Hall–Kier alpha value is -2.07. The molecule has 0 heterocycles. The molecule has 2 atom stereocenters. The normalized spacial score (nSPS) is 17.3. The summed E-state index contributed by atoms with van der Waals surface area (Å²) in [6.45, 7) is 7.28. The molecule has 0 saturated heterocycles. The van der Waals surface area contributed by atoms with Crippen molar-refractivity contribution in [2.24, 2.45) is 5.73 Å². The number of nitrogens with one attached hydrogen (secondary N) is 1. The molecule has 1 aliphatic carbocycles. The van der Waals surface area contributed by atoms with E-state index in [9.17, 15) is 15.2 Å². The standard InChI is InChI=1S/C18H21N3O2S/c1-12(24-13(2)20)17(23)18(11-19,14-6-4-3-5-7-14)10-16(22)21-15-8-9-15/h3-7,15-16,21-22H,1-2,8-10,20H2/t16?,18-/m0/s1. The van der Waals surface area contributed by atoms with Crippen LogP contribution in [-0.2, 0) is 10.2 Å². The fraction of sp³-hybridized carbons (Fsp3) is 0.333. The monoisotopic (exact) mass is 343 g/mol. The second-order valence-electron chi connectivity index (χ2n) is 5.86. The van der Waals surface area contributed by atoms with E-state index in [1.165, 1.54) is 0 Å². The number of hydrogen-bond acceptors (Lipinski definition) is 6. The molecule has 0 amide bonds. The first kappa shape index (κ1) is 18.3. The predicted molar refractivity (Wildman–Crippen MR) is 95.6 cm³/mol. The van der Waals surface area contributed by atoms with Gasteiger partial charge in [0.25, 0.3) is 0 Å². The fourth-order valence-corrected chi connectivity index (χ4v) is 3.12. The Balaban J connectivity index is 2.35. The summed E-state index contributed by atoms with van der Waals surface area (Å²) in [5.41, 5.74) is 4.54. The van der Waals surface area contributed by atoms with E-state index in [1.807, 2.05) is 0 Å². The summed E-state index contributed by atoms with van der Waals surface area (Å²) in [7, 11) is 0. The third-order valence-corrected chi connectivity index (χ3v) is 4.55. The summed E-state index contributed by atoms with van der Waals surface area (Å²) in [5.74, 6) is -0.468. The number of thioether (sulfide) groups is 1. The van der Waals surface area contributed by atoms with Crippen molar-refractivity contribution in [3.63, 3.8) is 0 Å². The Labute approximate surface area is 146 Å². The van der Waals surface area contributed by atoms with E-state index in [0.717, 1.165) is 24.6 Å². The maximum atomic E-state index is 13.0. The lowest BCUT2D eigenvalue weighted by Crippen LogP contribution is -2.43. The average molecular weight is 343 g/mol. The van der Waals surface area contributed by atoms with Crippen LogP contribution in [0.3, 0.4) is 0 Å². The van der Waals surface area contributed by atoms with Crippen LogP contribution < -0.4 is 11.1 Å². The highest BCUT2D eigenvalue weighted by atomic mass is 32.2. The van der Waals surface area contributed by atoms with Gasteiger partial charge in [0.05, 0.1) is 16.0 Å². The van der Waals surface area contributed by atoms with Crippen molar-refractivity contribution in [2.45, 2.75) is 36.9 Å². The van der Waals surface area contributed by atoms with Crippen molar-refractivity contribution in [1.82, 2.24) is 5.32 Å². The number of aliphatic hydroxyl groups excluding tert-OH is 1. The predicted octanol–water partition coefficient (Wildman–Crippen LogP) is 2.15. The van der Waals surface area contributed by atoms with E-state index in [2.05, 4.69) is 24.5 Å². The molecule has 0 spiro atoms. The minimum absolute atomic E-state index is 0.0561. The molecule has 5 nitrogen and oxygen atoms in total.